The number of hydrogen-bond acceptors (Lipinski definition) is 4. The molecule has 0 aliphatic carbocycles. The van der Waals surface area contributed by atoms with Crippen LogP contribution < -0.4 is 5.32 Å². The Morgan fingerprint density at radius 3 is 2.69 bits per heavy atom. The summed E-state index contributed by atoms with van der Waals surface area (Å²) < 4.78 is 38.9. The van der Waals surface area contributed by atoms with Gasteiger partial charge >= 0.3 is 0 Å². The van der Waals surface area contributed by atoms with Crippen LogP contribution in [0.3, 0.4) is 0 Å². The Kier molecular flexibility index (Phi) is 4.69. The van der Waals surface area contributed by atoms with Crippen molar-refractivity contribution < 1.29 is 22.7 Å². The Labute approximate surface area is 149 Å². The van der Waals surface area contributed by atoms with Crippen LogP contribution in [0.4, 0.5) is 10.1 Å². The number of benzene rings is 2. The number of sulfone groups is 1. The van der Waals surface area contributed by atoms with Crippen molar-refractivity contribution in [3.8, 4) is 5.75 Å². The maximum atomic E-state index is 13.4. The van der Waals surface area contributed by atoms with Crippen LogP contribution in [-0.2, 0) is 21.2 Å². The third-order valence-electron chi connectivity index (χ3n) is 4.03. The molecule has 2 N–H and O–H groups in total. The lowest BCUT2D eigenvalue weighted by molar-refractivity contribution is -0.116. The first-order chi connectivity index (χ1) is 12.3. The maximum absolute atomic E-state index is 13.4. The van der Waals surface area contributed by atoms with E-state index < -0.39 is 21.6 Å². The summed E-state index contributed by atoms with van der Waals surface area (Å²) in [7, 11) is -3.47. The fourth-order valence-corrected chi connectivity index (χ4v) is 3.52. The van der Waals surface area contributed by atoms with Crippen LogP contribution in [0, 0.1) is 5.82 Å². The zero-order chi connectivity index (χ0) is 18.9. The Bertz CT molecular complexity index is 1090. The molecule has 1 amide bonds. The highest BCUT2D eigenvalue weighted by molar-refractivity contribution is 7.91. The number of carbonyl (C=O) groups is 1. The Morgan fingerprint density at radius 2 is 1.96 bits per heavy atom. The van der Waals surface area contributed by atoms with Gasteiger partial charge in [-0.15, -0.1) is 0 Å². The predicted molar refractivity (Wildman–Crippen MR) is 96.4 cm³/mol. The molecule has 3 rings (SSSR count). The number of hydrogen-bond donors (Lipinski definition) is 2. The topological polar surface area (TPSA) is 88.4 Å². The lowest BCUT2D eigenvalue weighted by atomic mass is 10.2. The van der Waals surface area contributed by atoms with Gasteiger partial charge < -0.3 is 15.0 Å². The minimum Gasteiger partial charge on any atom is -0.506 e. The zero-order valence-corrected chi connectivity index (χ0v) is 14.8. The first kappa shape index (κ1) is 17.9. The van der Waals surface area contributed by atoms with Gasteiger partial charge in [0, 0.05) is 6.20 Å². The van der Waals surface area contributed by atoms with Gasteiger partial charge in [-0.1, -0.05) is 6.92 Å². The number of aromatic nitrogens is 1. The van der Waals surface area contributed by atoms with E-state index in [0.717, 1.165) is 5.39 Å². The summed E-state index contributed by atoms with van der Waals surface area (Å²) in [5.41, 5.74) is 0.568. The van der Waals surface area contributed by atoms with Crippen molar-refractivity contribution in [2.24, 2.45) is 0 Å². The number of amides is 1. The molecule has 0 atom stereocenters. The van der Waals surface area contributed by atoms with Crippen molar-refractivity contribution in [2.45, 2.75) is 18.4 Å². The molecule has 0 spiro atoms. The summed E-state index contributed by atoms with van der Waals surface area (Å²) in [6.45, 7) is 1.40. The highest BCUT2D eigenvalue weighted by atomic mass is 32.2. The summed E-state index contributed by atoms with van der Waals surface area (Å²) in [4.78, 5) is 12.3. The molecule has 2 aromatic carbocycles. The van der Waals surface area contributed by atoms with E-state index >= 15 is 0 Å². The summed E-state index contributed by atoms with van der Waals surface area (Å²) in [5.74, 6) is -1.22. The first-order valence-corrected chi connectivity index (χ1v) is 9.55. The van der Waals surface area contributed by atoms with Gasteiger partial charge in [-0.2, -0.15) is 0 Å². The van der Waals surface area contributed by atoms with Crippen molar-refractivity contribution in [2.75, 3.05) is 11.1 Å². The molecular formula is C18H17FN2O4S. The molecule has 0 radical (unpaired) electrons. The largest absolute Gasteiger partial charge is 0.506 e. The van der Waals surface area contributed by atoms with Crippen molar-refractivity contribution in [1.29, 1.82) is 0 Å². The van der Waals surface area contributed by atoms with Crippen LogP contribution >= 0.6 is 0 Å². The number of nitrogens with zero attached hydrogens (tertiary/aromatic N) is 1. The van der Waals surface area contributed by atoms with Gasteiger partial charge in [-0.3, -0.25) is 4.79 Å². The van der Waals surface area contributed by atoms with Crippen LogP contribution in [0.5, 0.6) is 5.75 Å². The number of phenols is 1. The molecule has 26 heavy (non-hydrogen) atoms. The van der Waals surface area contributed by atoms with Crippen LogP contribution in [0.1, 0.15) is 6.92 Å². The summed E-state index contributed by atoms with van der Waals surface area (Å²) >= 11 is 0. The Hall–Kier alpha value is -2.87. The number of fused-ring (bicyclic) bond motifs is 1. The number of nitrogens with one attached hydrogen (secondary N) is 1. The normalized spacial score (nSPS) is 11.6. The monoisotopic (exact) mass is 376 g/mol. The highest BCUT2D eigenvalue weighted by Gasteiger charge is 2.16. The lowest BCUT2D eigenvalue weighted by Gasteiger charge is -2.11. The molecule has 1 aromatic heterocycles. The fourth-order valence-electron chi connectivity index (χ4n) is 2.61. The summed E-state index contributed by atoms with van der Waals surface area (Å²) in [6.07, 6.45) is 1.65. The second-order valence-corrected chi connectivity index (χ2v) is 8.06. The quantitative estimate of drug-likeness (QED) is 0.670. The van der Waals surface area contributed by atoms with Crippen molar-refractivity contribution in [3.05, 3.63) is 54.5 Å². The molecule has 0 aliphatic rings. The zero-order valence-electron chi connectivity index (χ0n) is 13.9. The highest BCUT2D eigenvalue weighted by Crippen LogP contribution is 2.27. The van der Waals surface area contributed by atoms with Crippen LogP contribution in [0.25, 0.3) is 10.9 Å². The van der Waals surface area contributed by atoms with Crippen LogP contribution in [0.15, 0.2) is 53.6 Å². The smallest absolute Gasteiger partial charge is 0.244 e. The minimum atomic E-state index is -3.47. The van der Waals surface area contributed by atoms with Gasteiger partial charge in [0.1, 0.15) is 18.1 Å². The molecule has 1 heterocycles. The van der Waals surface area contributed by atoms with Crippen molar-refractivity contribution in [3.63, 3.8) is 0 Å². The molecule has 0 aliphatic heterocycles. The molecule has 8 heteroatoms. The lowest BCUT2D eigenvalue weighted by Crippen LogP contribution is -2.18. The number of phenolic OH excluding ortho intramolecular Hbond substituents is 1. The van der Waals surface area contributed by atoms with Crippen LogP contribution in [-0.4, -0.2) is 29.8 Å². The molecule has 0 fully saturated rings. The number of anilines is 1. The average molecular weight is 376 g/mol. The number of rotatable bonds is 5. The van der Waals surface area contributed by atoms with E-state index in [-0.39, 0.29) is 28.6 Å². The number of halogens is 1. The average Bonchev–Trinajstić information content (AvgIpc) is 2.98. The predicted octanol–water partition coefficient (Wildman–Crippen LogP) is 2.92. The van der Waals surface area contributed by atoms with Gasteiger partial charge in [-0.25, -0.2) is 12.8 Å². The second-order valence-electron chi connectivity index (χ2n) is 5.78. The van der Waals surface area contributed by atoms with E-state index in [1.54, 1.807) is 22.9 Å². The van der Waals surface area contributed by atoms with Crippen molar-refractivity contribution in [1.82, 2.24) is 4.57 Å². The minimum absolute atomic E-state index is 0.00664. The molecule has 0 bridgehead atoms. The van der Waals surface area contributed by atoms with E-state index in [1.807, 2.05) is 0 Å². The second kappa shape index (κ2) is 6.80. The molecule has 0 saturated carbocycles. The first-order valence-electron chi connectivity index (χ1n) is 7.90. The third-order valence-corrected chi connectivity index (χ3v) is 5.76. The molecule has 3 aromatic rings. The molecule has 6 nitrogen and oxygen atoms in total. The number of carbonyl (C=O) groups excluding carboxylic acids is 1. The fraction of sp³-hybridized carbons (Fsp3) is 0.167. The standard InChI is InChI=1S/C18H17FN2O4S/c1-2-26(24,25)14-5-6-17(22)15(10-14)20-18(23)11-21-8-7-12-3-4-13(19)9-16(12)21/h3-10,22H,2,11H2,1H3,(H,20,23). The molecular weight excluding hydrogens is 359 g/mol. The van der Waals surface area contributed by atoms with Crippen molar-refractivity contribution >= 4 is 32.3 Å². The van der Waals surface area contributed by atoms with Gasteiger partial charge in [0.05, 0.1) is 21.9 Å². The summed E-state index contributed by atoms with van der Waals surface area (Å²) in [5, 5.41) is 13.2. The summed E-state index contributed by atoms with van der Waals surface area (Å²) in [6, 6.07) is 9.76. The Morgan fingerprint density at radius 1 is 1.19 bits per heavy atom. The molecule has 0 unspecified atom stereocenters. The van der Waals surface area contributed by atoms with Gasteiger partial charge in [0.25, 0.3) is 0 Å². The maximum Gasteiger partial charge on any atom is 0.244 e. The van der Waals surface area contributed by atoms with E-state index in [4.69, 9.17) is 0 Å². The van der Waals surface area contributed by atoms with Gasteiger partial charge in [-0.05, 0) is 47.9 Å². The van der Waals surface area contributed by atoms with Gasteiger partial charge in [0.15, 0.2) is 9.84 Å². The number of aromatic hydroxyl groups is 1. The van der Waals surface area contributed by atoms with Gasteiger partial charge in [0.2, 0.25) is 5.91 Å². The molecule has 0 saturated heterocycles. The van der Waals surface area contributed by atoms with E-state index in [0.29, 0.717) is 5.52 Å². The van der Waals surface area contributed by atoms with E-state index in [2.05, 4.69) is 5.32 Å². The Balaban J connectivity index is 1.84. The SMILES string of the molecule is CCS(=O)(=O)c1ccc(O)c(NC(=O)Cn2ccc3ccc(F)cc32)c1. The van der Waals surface area contributed by atoms with E-state index in [9.17, 15) is 22.7 Å². The third kappa shape index (κ3) is 3.55. The molecule has 136 valence electrons. The van der Waals surface area contributed by atoms with E-state index in [1.165, 1.54) is 37.3 Å². The van der Waals surface area contributed by atoms with Crippen LogP contribution in [0.2, 0.25) is 0 Å².